The minimum atomic E-state index is -0.711. The first-order chi connectivity index (χ1) is 9.56. The van der Waals surface area contributed by atoms with E-state index in [1.165, 1.54) is 12.1 Å². The van der Waals surface area contributed by atoms with Gasteiger partial charge in [0.25, 0.3) is 0 Å². The number of nitrogens with two attached hydrogens (primary N) is 1. The fraction of sp³-hybridized carbons (Fsp3) is 0.133. The van der Waals surface area contributed by atoms with Crippen molar-refractivity contribution in [1.29, 1.82) is 0 Å². The first kappa shape index (κ1) is 13.1. The molecule has 5 heteroatoms. The molecule has 1 aliphatic rings. The number of benzene rings is 2. The normalized spacial score (nSPS) is 17.4. The molecule has 3 rings (SSSR count). The van der Waals surface area contributed by atoms with Gasteiger partial charge in [0.1, 0.15) is 11.9 Å². The second-order valence-electron chi connectivity index (χ2n) is 4.74. The van der Waals surface area contributed by atoms with Crippen molar-refractivity contribution in [3.63, 3.8) is 0 Å². The van der Waals surface area contributed by atoms with Crippen LogP contribution in [0.4, 0.5) is 10.1 Å². The average Bonchev–Trinajstić information content (AvgIpc) is 2.64. The van der Waals surface area contributed by atoms with Gasteiger partial charge >= 0.3 is 0 Å². The predicted octanol–water partition coefficient (Wildman–Crippen LogP) is 3.03. The van der Waals surface area contributed by atoms with Crippen LogP contribution in [0.2, 0.25) is 5.02 Å². The average molecular weight is 291 g/mol. The predicted molar refractivity (Wildman–Crippen MR) is 76.0 cm³/mol. The van der Waals surface area contributed by atoms with E-state index >= 15 is 0 Å². The van der Waals surface area contributed by atoms with E-state index in [1.807, 2.05) is 0 Å². The largest absolute Gasteiger partial charge is 0.316 e. The molecule has 3 nitrogen and oxygen atoms in total. The number of halogens is 2. The second kappa shape index (κ2) is 4.89. The Kier molecular flexibility index (Phi) is 3.20. The van der Waals surface area contributed by atoms with E-state index in [0.717, 1.165) is 5.69 Å². The lowest BCUT2D eigenvalue weighted by Gasteiger charge is -2.17. The van der Waals surface area contributed by atoms with Crippen LogP contribution in [0, 0.1) is 5.82 Å². The van der Waals surface area contributed by atoms with E-state index in [4.69, 9.17) is 17.3 Å². The lowest BCUT2D eigenvalue weighted by molar-refractivity contribution is -0.119. The number of carbonyl (C=O) groups is 1. The highest BCUT2D eigenvalue weighted by atomic mass is 35.5. The molecule has 1 unspecified atom stereocenters. The lowest BCUT2D eigenvalue weighted by atomic mass is 10.1. The fourth-order valence-electron chi connectivity index (χ4n) is 2.42. The standard InChI is InChI=1S/C15H12ClFN2O/c16-10-4-5-13-12(7-10)14(18)15(20)19(13)8-9-2-1-3-11(17)6-9/h1-7,14H,8,18H2. The highest BCUT2D eigenvalue weighted by Crippen LogP contribution is 2.37. The maximum atomic E-state index is 13.2. The van der Waals surface area contributed by atoms with Crippen LogP contribution >= 0.6 is 11.6 Å². The number of hydrogen-bond acceptors (Lipinski definition) is 2. The van der Waals surface area contributed by atoms with Crippen molar-refractivity contribution in [2.45, 2.75) is 12.6 Å². The Hall–Kier alpha value is -1.91. The van der Waals surface area contributed by atoms with Crippen molar-refractivity contribution in [3.8, 4) is 0 Å². The molecule has 2 N–H and O–H groups in total. The first-order valence-corrected chi connectivity index (χ1v) is 6.55. The third kappa shape index (κ3) is 2.17. The summed E-state index contributed by atoms with van der Waals surface area (Å²) in [6.45, 7) is 0.291. The molecule has 1 heterocycles. The first-order valence-electron chi connectivity index (χ1n) is 6.17. The van der Waals surface area contributed by atoms with E-state index in [2.05, 4.69) is 0 Å². The molecular formula is C15H12ClFN2O. The Morgan fingerprint density at radius 1 is 1.25 bits per heavy atom. The molecule has 20 heavy (non-hydrogen) atoms. The van der Waals surface area contributed by atoms with E-state index in [0.29, 0.717) is 22.7 Å². The van der Waals surface area contributed by atoms with Crippen LogP contribution in [0.1, 0.15) is 17.2 Å². The quantitative estimate of drug-likeness (QED) is 0.924. The molecule has 1 atom stereocenters. The van der Waals surface area contributed by atoms with Crippen LogP contribution in [0.25, 0.3) is 0 Å². The van der Waals surface area contributed by atoms with Crippen molar-refractivity contribution >= 4 is 23.2 Å². The van der Waals surface area contributed by atoms with Gasteiger partial charge in [-0.25, -0.2) is 4.39 Å². The molecule has 0 radical (unpaired) electrons. The summed E-state index contributed by atoms with van der Waals surface area (Å²) < 4.78 is 13.2. The summed E-state index contributed by atoms with van der Waals surface area (Å²) in [6, 6.07) is 10.6. The summed E-state index contributed by atoms with van der Waals surface area (Å²) in [5.41, 5.74) is 8.06. The van der Waals surface area contributed by atoms with Crippen molar-refractivity contribution in [3.05, 3.63) is 64.4 Å². The molecule has 1 amide bonds. The number of rotatable bonds is 2. The molecular weight excluding hydrogens is 279 g/mol. The molecule has 0 aliphatic carbocycles. The van der Waals surface area contributed by atoms with Crippen LogP contribution in [-0.4, -0.2) is 5.91 Å². The van der Waals surface area contributed by atoms with Crippen LogP contribution in [0.5, 0.6) is 0 Å². The molecule has 2 aromatic rings. The molecule has 0 fully saturated rings. The monoisotopic (exact) mass is 290 g/mol. The molecule has 0 spiro atoms. The smallest absolute Gasteiger partial charge is 0.248 e. The number of hydrogen-bond donors (Lipinski definition) is 1. The summed E-state index contributed by atoms with van der Waals surface area (Å²) in [5.74, 6) is -0.527. The van der Waals surface area contributed by atoms with Crippen molar-refractivity contribution in [1.82, 2.24) is 0 Å². The summed E-state index contributed by atoms with van der Waals surface area (Å²) in [4.78, 5) is 13.8. The highest BCUT2D eigenvalue weighted by Gasteiger charge is 2.34. The zero-order valence-electron chi connectivity index (χ0n) is 10.5. The molecule has 0 saturated heterocycles. The van der Waals surface area contributed by atoms with E-state index < -0.39 is 6.04 Å². The zero-order valence-corrected chi connectivity index (χ0v) is 11.3. The lowest BCUT2D eigenvalue weighted by Crippen LogP contribution is -2.31. The van der Waals surface area contributed by atoms with E-state index in [-0.39, 0.29) is 11.7 Å². The topological polar surface area (TPSA) is 46.3 Å². The molecule has 0 bridgehead atoms. The van der Waals surface area contributed by atoms with Crippen LogP contribution in [-0.2, 0) is 11.3 Å². The molecule has 0 saturated carbocycles. The third-order valence-corrected chi connectivity index (χ3v) is 3.61. The maximum absolute atomic E-state index is 13.2. The van der Waals surface area contributed by atoms with Gasteiger partial charge in [0.05, 0.1) is 6.54 Å². The summed E-state index contributed by atoms with van der Waals surface area (Å²) >= 11 is 5.93. The van der Waals surface area contributed by atoms with Gasteiger partial charge in [-0.15, -0.1) is 0 Å². The van der Waals surface area contributed by atoms with Gasteiger partial charge in [-0.1, -0.05) is 23.7 Å². The van der Waals surface area contributed by atoms with Crippen molar-refractivity contribution < 1.29 is 9.18 Å². The second-order valence-corrected chi connectivity index (χ2v) is 5.17. The van der Waals surface area contributed by atoms with Gasteiger partial charge in [0.15, 0.2) is 0 Å². The SMILES string of the molecule is NC1C(=O)N(Cc2cccc(F)c2)c2ccc(Cl)cc21. The van der Waals surface area contributed by atoms with Crippen molar-refractivity contribution in [2.75, 3.05) is 4.90 Å². The Labute approximate surface area is 120 Å². The van der Waals surface area contributed by atoms with Gasteiger partial charge in [0.2, 0.25) is 5.91 Å². The Morgan fingerprint density at radius 3 is 2.80 bits per heavy atom. The summed E-state index contributed by atoms with van der Waals surface area (Å²) in [6.07, 6.45) is 0. The Bertz CT molecular complexity index is 689. The van der Waals surface area contributed by atoms with E-state index in [9.17, 15) is 9.18 Å². The third-order valence-electron chi connectivity index (χ3n) is 3.38. The van der Waals surface area contributed by atoms with Gasteiger partial charge in [-0.05, 0) is 35.9 Å². The number of carbonyl (C=O) groups excluding carboxylic acids is 1. The highest BCUT2D eigenvalue weighted by molar-refractivity contribution is 6.31. The van der Waals surface area contributed by atoms with Gasteiger partial charge in [-0.3, -0.25) is 4.79 Å². The maximum Gasteiger partial charge on any atom is 0.248 e. The number of anilines is 1. The molecule has 102 valence electrons. The Balaban J connectivity index is 1.97. The van der Waals surface area contributed by atoms with Crippen LogP contribution in [0.3, 0.4) is 0 Å². The minimum Gasteiger partial charge on any atom is -0.316 e. The number of fused-ring (bicyclic) bond motifs is 1. The van der Waals surface area contributed by atoms with Gasteiger partial charge in [-0.2, -0.15) is 0 Å². The summed E-state index contributed by atoms with van der Waals surface area (Å²) in [7, 11) is 0. The van der Waals surface area contributed by atoms with Crippen LogP contribution in [0.15, 0.2) is 42.5 Å². The number of nitrogens with zero attached hydrogens (tertiary/aromatic N) is 1. The number of amides is 1. The molecule has 2 aromatic carbocycles. The van der Waals surface area contributed by atoms with Crippen LogP contribution < -0.4 is 10.6 Å². The van der Waals surface area contributed by atoms with Gasteiger partial charge < -0.3 is 10.6 Å². The summed E-state index contributed by atoms with van der Waals surface area (Å²) in [5, 5.41) is 0.541. The Morgan fingerprint density at radius 2 is 2.05 bits per heavy atom. The zero-order chi connectivity index (χ0) is 14.3. The van der Waals surface area contributed by atoms with Crippen molar-refractivity contribution in [2.24, 2.45) is 5.73 Å². The van der Waals surface area contributed by atoms with Gasteiger partial charge in [0, 0.05) is 16.3 Å². The minimum absolute atomic E-state index is 0.202. The van der Waals surface area contributed by atoms with E-state index in [1.54, 1.807) is 35.2 Å². The molecule has 0 aromatic heterocycles. The fourth-order valence-corrected chi connectivity index (χ4v) is 2.60. The molecule has 1 aliphatic heterocycles.